The van der Waals surface area contributed by atoms with Crippen LogP contribution in [-0.2, 0) is 11.5 Å². The fourth-order valence-electron chi connectivity index (χ4n) is 1.48. The van der Waals surface area contributed by atoms with Gasteiger partial charge >= 0.3 is 0 Å². The first-order chi connectivity index (χ1) is 8.74. The summed E-state index contributed by atoms with van der Waals surface area (Å²) in [5.74, 6) is 2.13. The number of rotatable bonds is 5. The van der Waals surface area contributed by atoms with Crippen LogP contribution >= 0.6 is 37.5 Å². The molecule has 0 atom stereocenters. The van der Waals surface area contributed by atoms with Gasteiger partial charge in [-0.25, -0.2) is 0 Å². The van der Waals surface area contributed by atoms with E-state index in [9.17, 15) is 0 Å². The van der Waals surface area contributed by atoms with Crippen LogP contribution in [0.4, 0.5) is 0 Å². The van der Waals surface area contributed by atoms with E-state index >= 15 is 0 Å². The van der Waals surface area contributed by atoms with Crippen molar-refractivity contribution in [1.29, 1.82) is 0 Å². The summed E-state index contributed by atoms with van der Waals surface area (Å²) in [6, 6.07) is 17.3. The zero-order valence-corrected chi connectivity index (χ0v) is 13.4. The summed E-state index contributed by atoms with van der Waals surface area (Å²) in [6.07, 6.45) is 0. The highest BCUT2D eigenvalue weighted by molar-refractivity contribution is 9.10. The molecule has 0 aliphatic rings. The van der Waals surface area contributed by atoms with Crippen molar-refractivity contribution in [2.24, 2.45) is 0 Å². The average Bonchev–Trinajstić information content (AvgIpc) is 2.39. The lowest BCUT2D eigenvalue weighted by Gasteiger charge is -2.03. The summed E-state index contributed by atoms with van der Waals surface area (Å²) in [5.41, 5.74) is 4.10. The first-order valence-electron chi connectivity index (χ1n) is 5.78. The summed E-state index contributed by atoms with van der Waals surface area (Å²) < 4.78 is 1.14. The third kappa shape index (κ3) is 4.75. The molecule has 2 aromatic rings. The second-order valence-corrected chi connectivity index (χ2v) is 7.52. The fourth-order valence-corrected chi connectivity index (χ4v) is 3.89. The van der Waals surface area contributed by atoms with Crippen LogP contribution in [0.25, 0.3) is 0 Å². The molecule has 0 nitrogen and oxygen atoms in total. The molecule has 0 aliphatic heterocycles. The Morgan fingerprint density at radius 2 is 1.22 bits per heavy atom. The van der Waals surface area contributed by atoms with E-state index in [-0.39, 0.29) is 0 Å². The standard InChI is InChI=1S/C14H14BBrS2/c15-13-5-1-11(2-6-13)9-17-18-10-12-3-7-14(16)8-4-12/h1-8H,9-10,15H2. The highest BCUT2D eigenvalue weighted by Crippen LogP contribution is 2.29. The van der Waals surface area contributed by atoms with Gasteiger partial charge in [-0.2, -0.15) is 0 Å². The molecule has 0 aromatic heterocycles. The van der Waals surface area contributed by atoms with Gasteiger partial charge in [-0.05, 0) is 23.3 Å². The highest BCUT2D eigenvalue weighted by Gasteiger charge is 1.96. The molecule has 0 heterocycles. The maximum Gasteiger partial charge on any atom is 0.139 e. The molecule has 0 saturated carbocycles. The van der Waals surface area contributed by atoms with Crippen molar-refractivity contribution in [3.8, 4) is 0 Å². The van der Waals surface area contributed by atoms with Crippen LogP contribution in [-0.4, -0.2) is 7.85 Å². The normalized spacial score (nSPS) is 10.5. The lowest BCUT2D eigenvalue weighted by Crippen LogP contribution is -1.99. The van der Waals surface area contributed by atoms with Crippen molar-refractivity contribution in [1.82, 2.24) is 0 Å². The van der Waals surface area contributed by atoms with E-state index in [4.69, 9.17) is 0 Å². The predicted molar refractivity (Wildman–Crippen MR) is 91.4 cm³/mol. The minimum atomic E-state index is 1.06. The Bertz CT molecular complexity index is 435. The van der Waals surface area contributed by atoms with Gasteiger partial charge in [0.15, 0.2) is 0 Å². The smallest absolute Gasteiger partial charge is 0.0890 e. The Labute approximate surface area is 126 Å². The molecular formula is C14H14BBrS2. The largest absolute Gasteiger partial charge is 0.139 e. The Kier molecular flexibility index (Phi) is 5.73. The van der Waals surface area contributed by atoms with Crippen LogP contribution in [0.5, 0.6) is 0 Å². The van der Waals surface area contributed by atoms with Crippen molar-refractivity contribution in [2.75, 3.05) is 0 Å². The van der Waals surface area contributed by atoms with Crippen LogP contribution in [0, 0.1) is 0 Å². The highest BCUT2D eigenvalue weighted by atomic mass is 79.9. The van der Waals surface area contributed by atoms with E-state index in [0.717, 1.165) is 16.0 Å². The van der Waals surface area contributed by atoms with E-state index in [1.54, 1.807) is 0 Å². The van der Waals surface area contributed by atoms with Gasteiger partial charge < -0.3 is 0 Å². The minimum Gasteiger partial charge on any atom is -0.0890 e. The zero-order chi connectivity index (χ0) is 12.8. The van der Waals surface area contributed by atoms with Gasteiger partial charge in [0.25, 0.3) is 0 Å². The molecule has 0 radical (unpaired) electrons. The van der Waals surface area contributed by atoms with Gasteiger partial charge in [-0.15, -0.1) is 0 Å². The SMILES string of the molecule is Bc1ccc(CSSCc2ccc(Br)cc2)cc1. The summed E-state index contributed by atoms with van der Waals surface area (Å²) in [7, 11) is 5.95. The first kappa shape index (κ1) is 14.1. The van der Waals surface area contributed by atoms with Crippen LogP contribution in [0.2, 0.25) is 0 Å². The molecule has 0 N–H and O–H groups in total. The molecule has 0 fully saturated rings. The van der Waals surface area contributed by atoms with Crippen LogP contribution < -0.4 is 5.46 Å². The third-order valence-electron chi connectivity index (χ3n) is 2.57. The van der Waals surface area contributed by atoms with E-state index in [2.05, 4.69) is 72.3 Å². The second-order valence-electron chi connectivity index (χ2n) is 4.14. The zero-order valence-electron chi connectivity index (χ0n) is 10.2. The molecule has 0 saturated heterocycles. The molecule has 0 aliphatic carbocycles. The molecular weight excluding hydrogens is 323 g/mol. The van der Waals surface area contributed by atoms with E-state index in [0.29, 0.717) is 0 Å². The number of hydrogen-bond acceptors (Lipinski definition) is 2. The molecule has 0 unspecified atom stereocenters. The molecule has 2 aromatic carbocycles. The van der Waals surface area contributed by atoms with Crippen LogP contribution in [0.1, 0.15) is 11.1 Å². The predicted octanol–water partition coefficient (Wildman–Crippen LogP) is 3.79. The van der Waals surface area contributed by atoms with Gasteiger partial charge in [-0.1, -0.05) is 79.4 Å². The number of benzene rings is 2. The van der Waals surface area contributed by atoms with Gasteiger partial charge in [-0.3, -0.25) is 0 Å². The number of halogens is 1. The van der Waals surface area contributed by atoms with Crippen molar-refractivity contribution in [3.05, 3.63) is 64.1 Å². The molecule has 0 bridgehead atoms. The molecule has 2 rings (SSSR count). The second kappa shape index (κ2) is 7.32. The van der Waals surface area contributed by atoms with Crippen molar-refractivity contribution in [3.63, 3.8) is 0 Å². The third-order valence-corrected chi connectivity index (χ3v) is 5.37. The van der Waals surface area contributed by atoms with Crippen molar-refractivity contribution in [2.45, 2.75) is 11.5 Å². The summed E-state index contributed by atoms with van der Waals surface area (Å²) in [5, 5.41) is 0. The Morgan fingerprint density at radius 3 is 1.72 bits per heavy atom. The molecule has 18 heavy (non-hydrogen) atoms. The van der Waals surface area contributed by atoms with Gasteiger partial charge in [0, 0.05) is 16.0 Å². The topological polar surface area (TPSA) is 0 Å². The van der Waals surface area contributed by atoms with Crippen molar-refractivity contribution >= 4 is 50.8 Å². The summed E-state index contributed by atoms with van der Waals surface area (Å²) >= 11 is 3.45. The van der Waals surface area contributed by atoms with E-state index in [1.807, 2.05) is 21.6 Å². The van der Waals surface area contributed by atoms with Gasteiger partial charge in [0.05, 0.1) is 0 Å². The maximum atomic E-state index is 3.45. The quantitative estimate of drug-likeness (QED) is 0.463. The first-order valence-corrected chi connectivity index (χ1v) is 9.06. The van der Waals surface area contributed by atoms with E-state index in [1.165, 1.54) is 16.6 Å². The summed E-state index contributed by atoms with van der Waals surface area (Å²) in [4.78, 5) is 0. The minimum absolute atomic E-state index is 1.06. The Balaban J connectivity index is 1.73. The lowest BCUT2D eigenvalue weighted by atomic mass is 9.96. The maximum absolute atomic E-state index is 3.45. The lowest BCUT2D eigenvalue weighted by molar-refractivity contribution is 1.41. The van der Waals surface area contributed by atoms with Crippen LogP contribution in [0.15, 0.2) is 53.0 Å². The molecule has 92 valence electrons. The van der Waals surface area contributed by atoms with Gasteiger partial charge in [0.2, 0.25) is 0 Å². The molecule has 0 amide bonds. The van der Waals surface area contributed by atoms with Gasteiger partial charge in [0.1, 0.15) is 7.85 Å². The molecule has 0 spiro atoms. The monoisotopic (exact) mass is 336 g/mol. The average molecular weight is 337 g/mol. The Morgan fingerprint density at radius 1 is 0.778 bits per heavy atom. The van der Waals surface area contributed by atoms with Crippen LogP contribution in [0.3, 0.4) is 0 Å². The fraction of sp³-hybridized carbons (Fsp3) is 0.143. The van der Waals surface area contributed by atoms with E-state index < -0.39 is 0 Å². The molecule has 4 heteroatoms. The number of hydrogen-bond donors (Lipinski definition) is 0. The Hall–Kier alpha value is -0.315. The van der Waals surface area contributed by atoms with Crippen molar-refractivity contribution < 1.29 is 0 Å². The summed E-state index contributed by atoms with van der Waals surface area (Å²) in [6.45, 7) is 0.